The number of hydrogen-bond donors (Lipinski definition) is 1. The van der Waals surface area contributed by atoms with Crippen molar-refractivity contribution in [2.45, 2.75) is 25.2 Å². The van der Waals surface area contributed by atoms with Gasteiger partial charge in [0.1, 0.15) is 11.0 Å². The number of nitrogens with zero attached hydrogens (tertiary/aromatic N) is 3. The molecule has 0 radical (unpaired) electrons. The molecule has 1 aliphatic carbocycles. The average Bonchev–Trinajstić information content (AvgIpc) is 2.75. The van der Waals surface area contributed by atoms with Crippen molar-refractivity contribution in [2.75, 3.05) is 7.11 Å². The summed E-state index contributed by atoms with van der Waals surface area (Å²) in [7, 11) is 3.53. The number of aromatic amines is 1. The summed E-state index contributed by atoms with van der Waals surface area (Å²) in [5.74, 6) is 2.09. The number of aromatic nitrogens is 4. The summed E-state index contributed by atoms with van der Waals surface area (Å²) in [5, 5.41) is 7.75. The van der Waals surface area contributed by atoms with Crippen LogP contribution in [0.1, 0.15) is 31.2 Å². The first-order valence-corrected chi connectivity index (χ1v) is 7.59. The van der Waals surface area contributed by atoms with E-state index in [1.165, 1.54) is 0 Å². The van der Waals surface area contributed by atoms with E-state index in [2.05, 4.69) is 22.1 Å². The molecule has 5 nitrogen and oxygen atoms in total. The van der Waals surface area contributed by atoms with E-state index in [0.29, 0.717) is 21.7 Å². The van der Waals surface area contributed by atoms with E-state index in [1.807, 2.05) is 23.7 Å². The molecule has 0 spiro atoms. The van der Waals surface area contributed by atoms with Crippen molar-refractivity contribution >= 4 is 23.8 Å². The number of hydrogen-bond acceptors (Lipinski definition) is 4. The third-order valence-corrected chi connectivity index (χ3v) is 4.79. The van der Waals surface area contributed by atoms with Crippen molar-refractivity contribution in [3.63, 3.8) is 0 Å². The van der Waals surface area contributed by atoms with Gasteiger partial charge in [-0.15, -0.1) is 0 Å². The summed E-state index contributed by atoms with van der Waals surface area (Å²) in [4.78, 5) is 4.15. The zero-order valence-electron chi connectivity index (χ0n) is 12.2. The van der Waals surface area contributed by atoms with Gasteiger partial charge in [-0.1, -0.05) is 18.5 Å². The lowest BCUT2D eigenvalue weighted by Crippen LogP contribution is -2.43. The minimum Gasteiger partial charge on any atom is -0.481 e. The van der Waals surface area contributed by atoms with E-state index in [4.69, 9.17) is 28.6 Å². The van der Waals surface area contributed by atoms with Crippen LogP contribution in [-0.4, -0.2) is 26.9 Å². The summed E-state index contributed by atoms with van der Waals surface area (Å²) < 4.78 is 7.80. The van der Waals surface area contributed by atoms with E-state index in [-0.39, 0.29) is 5.41 Å². The Kier molecular flexibility index (Phi) is 3.53. The number of rotatable bonds is 3. The molecule has 0 bridgehead atoms. The topological polar surface area (TPSA) is 55.7 Å². The largest absolute Gasteiger partial charge is 0.481 e. The molecule has 0 atom stereocenters. The fourth-order valence-electron chi connectivity index (χ4n) is 3.31. The van der Waals surface area contributed by atoms with Crippen LogP contribution in [0.4, 0.5) is 0 Å². The number of H-pyrrole nitrogens is 1. The third kappa shape index (κ3) is 2.26. The molecule has 3 rings (SSSR count). The van der Waals surface area contributed by atoms with Crippen LogP contribution in [0.2, 0.25) is 5.15 Å². The summed E-state index contributed by atoms with van der Waals surface area (Å²) >= 11 is 11.4. The average molecular weight is 325 g/mol. The Labute approximate surface area is 133 Å². The van der Waals surface area contributed by atoms with Crippen LogP contribution in [0, 0.1) is 10.7 Å². The first-order chi connectivity index (χ1) is 9.96. The van der Waals surface area contributed by atoms with Crippen LogP contribution in [0.15, 0.2) is 12.1 Å². The van der Waals surface area contributed by atoms with Crippen molar-refractivity contribution in [1.82, 2.24) is 19.7 Å². The molecule has 1 fully saturated rings. The molecule has 1 N–H and O–H groups in total. The van der Waals surface area contributed by atoms with E-state index >= 15 is 0 Å². The number of pyridine rings is 1. The summed E-state index contributed by atoms with van der Waals surface area (Å²) in [5.41, 5.74) is 0.899. The predicted molar refractivity (Wildman–Crippen MR) is 83.4 cm³/mol. The molecule has 1 aliphatic rings. The van der Waals surface area contributed by atoms with Crippen LogP contribution < -0.4 is 4.74 Å². The minimum absolute atomic E-state index is 0.179. The molecule has 0 saturated heterocycles. The molecule has 0 aliphatic heterocycles. The van der Waals surface area contributed by atoms with Crippen molar-refractivity contribution in [3.05, 3.63) is 33.4 Å². The van der Waals surface area contributed by atoms with Gasteiger partial charge < -0.3 is 9.30 Å². The normalized spacial score (nSPS) is 24.7. The molecule has 0 aromatic carbocycles. The Morgan fingerprint density at radius 3 is 2.71 bits per heavy atom. The molecule has 2 heterocycles. The lowest BCUT2D eigenvalue weighted by molar-refractivity contribution is 0.184. The summed E-state index contributed by atoms with van der Waals surface area (Å²) in [6, 6.07) is 3.84. The molecular weight excluding hydrogens is 308 g/mol. The zero-order chi connectivity index (χ0) is 15.2. The SMILES string of the molecule is COc1cc(C2(c3n[nH]c(=S)n3C)CC(C)C2)cc(Cl)n1. The van der Waals surface area contributed by atoms with Gasteiger partial charge in [0.15, 0.2) is 4.77 Å². The summed E-state index contributed by atoms with van der Waals surface area (Å²) in [6.45, 7) is 2.24. The zero-order valence-corrected chi connectivity index (χ0v) is 13.8. The smallest absolute Gasteiger partial charge is 0.214 e. The maximum Gasteiger partial charge on any atom is 0.214 e. The summed E-state index contributed by atoms with van der Waals surface area (Å²) in [6.07, 6.45) is 2.01. The monoisotopic (exact) mass is 324 g/mol. The lowest BCUT2D eigenvalue weighted by atomic mass is 9.58. The fraction of sp³-hybridized carbons (Fsp3) is 0.500. The van der Waals surface area contributed by atoms with Gasteiger partial charge in [-0.25, -0.2) is 4.98 Å². The van der Waals surface area contributed by atoms with Gasteiger partial charge in [-0.3, -0.25) is 5.10 Å². The van der Waals surface area contributed by atoms with E-state index < -0.39 is 0 Å². The van der Waals surface area contributed by atoms with Gasteiger partial charge in [0.2, 0.25) is 5.88 Å². The van der Waals surface area contributed by atoms with Gasteiger partial charge >= 0.3 is 0 Å². The van der Waals surface area contributed by atoms with Gasteiger partial charge in [0.25, 0.3) is 0 Å². The Hall–Kier alpha value is -1.40. The Morgan fingerprint density at radius 1 is 1.48 bits per heavy atom. The molecule has 7 heteroatoms. The minimum atomic E-state index is -0.179. The highest BCUT2D eigenvalue weighted by Crippen LogP contribution is 2.52. The number of ether oxygens (including phenoxy) is 1. The standard InChI is InChI=1S/C14H17ClN4OS/c1-8-6-14(7-8,12-17-18-13(21)19(12)2)9-4-10(15)16-11(5-9)20-3/h4-5,8H,6-7H2,1-3H3,(H,18,21). The van der Waals surface area contributed by atoms with Gasteiger partial charge in [0.05, 0.1) is 12.5 Å². The van der Waals surface area contributed by atoms with Gasteiger partial charge in [0, 0.05) is 13.1 Å². The van der Waals surface area contributed by atoms with Crippen molar-refractivity contribution in [3.8, 4) is 5.88 Å². The lowest BCUT2D eigenvalue weighted by Gasteiger charge is -2.46. The first kappa shape index (κ1) is 14.5. The molecule has 2 aromatic heterocycles. The second kappa shape index (κ2) is 5.10. The Bertz CT molecular complexity index is 733. The molecule has 112 valence electrons. The highest BCUT2D eigenvalue weighted by atomic mass is 35.5. The maximum absolute atomic E-state index is 6.14. The van der Waals surface area contributed by atoms with Crippen LogP contribution in [-0.2, 0) is 12.5 Å². The quantitative estimate of drug-likeness (QED) is 0.695. The maximum atomic E-state index is 6.14. The van der Waals surface area contributed by atoms with E-state index in [0.717, 1.165) is 24.2 Å². The molecule has 21 heavy (non-hydrogen) atoms. The second-order valence-electron chi connectivity index (χ2n) is 5.73. The molecule has 2 aromatic rings. The predicted octanol–water partition coefficient (Wildman–Crippen LogP) is 3.25. The van der Waals surface area contributed by atoms with Crippen molar-refractivity contribution in [2.24, 2.45) is 13.0 Å². The van der Waals surface area contributed by atoms with Crippen LogP contribution >= 0.6 is 23.8 Å². The number of nitrogens with one attached hydrogen (secondary N) is 1. The molecule has 1 saturated carbocycles. The van der Waals surface area contributed by atoms with E-state index in [9.17, 15) is 0 Å². The second-order valence-corrected chi connectivity index (χ2v) is 6.50. The van der Waals surface area contributed by atoms with Crippen LogP contribution in [0.25, 0.3) is 0 Å². The van der Waals surface area contributed by atoms with Gasteiger partial charge in [-0.2, -0.15) is 5.10 Å². The van der Waals surface area contributed by atoms with Gasteiger partial charge in [-0.05, 0) is 42.6 Å². The molecule has 0 amide bonds. The van der Waals surface area contributed by atoms with Crippen molar-refractivity contribution in [1.29, 1.82) is 0 Å². The van der Waals surface area contributed by atoms with Crippen LogP contribution in [0.5, 0.6) is 5.88 Å². The highest BCUT2D eigenvalue weighted by Gasteiger charge is 2.48. The van der Waals surface area contributed by atoms with Crippen molar-refractivity contribution < 1.29 is 4.74 Å². The third-order valence-electron chi connectivity index (χ3n) is 4.23. The number of methoxy groups -OCH3 is 1. The number of halogens is 1. The first-order valence-electron chi connectivity index (χ1n) is 6.80. The molecular formula is C14H17ClN4OS. The van der Waals surface area contributed by atoms with Crippen LogP contribution in [0.3, 0.4) is 0 Å². The van der Waals surface area contributed by atoms with E-state index in [1.54, 1.807) is 7.11 Å². The Morgan fingerprint density at radius 2 is 2.19 bits per heavy atom. The Balaban J connectivity index is 2.17. The molecule has 0 unspecified atom stereocenters. The fourth-order valence-corrected chi connectivity index (χ4v) is 3.64. The highest BCUT2D eigenvalue weighted by molar-refractivity contribution is 7.71.